The van der Waals surface area contributed by atoms with Gasteiger partial charge in [-0.25, -0.2) is 0 Å². The molecule has 0 heterocycles. The lowest BCUT2D eigenvalue weighted by Gasteiger charge is -2.23. The fourth-order valence-corrected chi connectivity index (χ4v) is 2.52. The molecule has 0 aromatic heterocycles. The Morgan fingerprint density at radius 1 is 1.29 bits per heavy atom. The largest absolute Gasteiger partial charge is 0.103 e. The summed E-state index contributed by atoms with van der Waals surface area (Å²) in [5.41, 5.74) is 1.86. The fraction of sp³-hybridized carbons (Fsp3) is 0.647. The van der Waals surface area contributed by atoms with Gasteiger partial charge in [0.05, 0.1) is 0 Å². The van der Waals surface area contributed by atoms with Crippen molar-refractivity contribution in [3.63, 3.8) is 0 Å². The van der Waals surface area contributed by atoms with Crippen LogP contribution >= 0.6 is 0 Å². The molecule has 0 aromatic carbocycles. The van der Waals surface area contributed by atoms with Gasteiger partial charge >= 0.3 is 0 Å². The topological polar surface area (TPSA) is 0 Å². The molecule has 0 fully saturated rings. The van der Waals surface area contributed by atoms with E-state index < -0.39 is 0 Å². The molecule has 1 unspecified atom stereocenters. The van der Waals surface area contributed by atoms with Crippen LogP contribution in [-0.2, 0) is 0 Å². The first-order valence-electron chi connectivity index (χ1n) is 7.02. The zero-order chi connectivity index (χ0) is 12.1. The van der Waals surface area contributed by atoms with Crippen molar-refractivity contribution < 1.29 is 0 Å². The van der Waals surface area contributed by atoms with Crippen LogP contribution in [-0.4, -0.2) is 0 Å². The molecule has 0 aliphatic heterocycles. The Morgan fingerprint density at radius 2 is 2.18 bits per heavy atom. The van der Waals surface area contributed by atoms with Gasteiger partial charge in [0.1, 0.15) is 0 Å². The fourth-order valence-electron chi connectivity index (χ4n) is 2.52. The quantitative estimate of drug-likeness (QED) is 0.591. The van der Waals surface area contributed by atoms with Gasteiger partial charge < -0.3 is 0 Å². The zero-order valence-corrected chi connectivity index (χ0v) is 11.3. The van der Waals surface area contributed by atoms with Crippen LogP contribution in [0.3, 0.4) is 0 Å². The highest BCUT2D eigenvalue weighted by molar-refractivity contribution is 5.27. The van der Waals surface area contributed by atoms with Crippen molar-refractivity contribution in [3.8, 4) is 11.8 Å². The van der Waals surface area contributed by atoms with E-state index in [4.69, 9.17) is 0 Å². The summed E-state index contributed by atoms with van der Waals surface area (Å²) in [5, 5.41) is 0. The molecule has 2 aliphatic rings. The molecule has 92 valence electrons. The van der Waals surface area contributed by atoms with E-state index in [9.17, 15) is 0 Å². The molecule has 0 saturated carbocycles. The van der Waals surface area contributed by atoms with Crippen LogP contribution in [0.4, 0.5) is 0 Å². The standard InChI is InChI=1S/C17H24/c1-17(2)12-10-16(11-13-17)14-15-8-6-4-3-5-7-9-15/h10-12,15H,3-6,8,13-14H2,1-2H3. The van der Waals surface area contributed by atoms with Gasteiger partial charge in [-0.3, -0.25) is 0 Å². The molecular weight excluding hydrogens is 204 g/mol. The second-order valence-electron chi connectivity index (χ2n) is 6.13. The highest BCUT2D eigenvalue weighted by atomic mass is 14.2. The molecule has 0 radical (unpaired) electrons. The monoisotopic (exact) mass is 228 g/mol. The van der Waals surface area contributed by atoms with Gasteiger partial charge in [0.2, 0.25) is 0 Å². The lowest BCUT2D eigenvalue weighted by atomic mass is 9.81. The van der Waals surface area contributed by atoms with Crippen molar-refractivity contribution in [1.82, 2.24) is 0 Å². The predicted octanol–water partition coefficient (Wildman–Crippen LogP) is 4.87. The normalized spacial score (nSPS) is 27.4. The van der Waals surface area contributed by atoms with E-state index in [0.29, 0.717) is 11.3 Å². The summed E-state index contributed by atoms with van der Waals surface area (Å²) in [6.45, 7) is 4.60. The molecule has 0 amide bonds. The van der Waals surface area contributed by atoms with Crippen molar-refractivity contribution in [1.29, 1.82) is 0 Å². The van der Waals surface area contributed by atoms with Crippen molar-refractivity contribution in [3.05, 3.63) is 23.8 Å². The summed E-state index contributed by atoms with van der Waals surface area (Å²) in [7, 11) is 0. The molecule has 17 heavy (non-hydrogen) atoms. The van der Waals surface area contributed by atoms with E-state index in [1.807, 2.05) is 0 Å². The van der Waals surface area contributed by atoms with Crippen LogP contribution in [0.15, 0.2) is 23.8 Å². The summed E-state index contributed by atoms with van der Waals surface area (Å²) >= 11 is 0. The molecule has 2 aliphatic carbocycles. The van der Waals surface area contributed by atoms with Crippen molar-refractivity contribution in [2.45, 2.75) is 58.8 Å². The van der Waals surface area contributed by atoms with E-state index in [1.54, 1.807) is 0 Å². The minimum atomic E-state index is 0.357. The van der Waals surface area contributed by atoms with Gasteiger partial charge in [0, 0.05) is 12.3 Å². The van der Waals surface area contributed by atoms with Crippen LogP contribution in [0.2, 0.25) is 0 Å². The lowest BCUT2D eigenvalue weighted by Crippen LogP contribution is -2.10. The molecule has 0 saturated heterocycles. The van der Waals surface area contributed by atoms with Crippen LogP contribution in [0, 0.1) is 23.2 Å². The third kappa shape index (κ3) is 4.08. The van der Waals surface area contributed by atoms with Gasteiger partial charge in [0.25, 0.3) is 0 Å². The highest BCUT2D eigenvalue weighted by Crippen LogP contribution is 2.31. The maximum atomic E-state index is 3.46. The van der Waals surface area contributed by atoms with Gasteiger partial charge in [-0.05, 0) is 31.1 Å². The molecule has 0 heteroatoms. The Labute approximate surface area is 106 Å². The first-order chi connectivity index (χ1) is 8.16. The van der Waals surface area contributed by atoms with E-state index in [0.717, 1.165) is 6.42 Å². The Bertz CT molecular complexity index is 371. The van der Waals surface area contributed by atoms with Gasteiger partial charge in [-0.15, -0.1) is 5.92 Å². The average Bonchev–Trinajstić information content (AvgIpc) is 2.24. The third-order valence-electron chi connectivity index (χ3n) is 3.78. The van der Waals surface area contributed by atoms with E-state index in [2.05, 4.69) is 43.9 Å². The summed E-state index contributed by atoms with van der Waals surface area (Å²) < 4.78 is 0. The molecule has 1 atom stereocenters. The minimum Gasteiger partial charge on any atom is -0.103 e. The molecular formula is C17H24. The maximum Gasteiger partial charge on any atom is 0.0243 e. The second-order valence-corrected chi connectivity index (χ2v) is 6.13. The van der Waals surface area contributed by atoms with Crippen LogP contribution in [0.1, 0.15) is 58.8 Å². The van der Waals surface area contributed by atoms with Crippen LogP contribution < -0.4 is 0 Å². The minimum absolute atomic E-state index is 0.357. The molecule has 0 bridgehead atoms. The third-order valence-corrected chi connectivity index (χ3v) is 3.78. The Kier molecular flexibility index (Phi) is 4.11. The molecule has 0 spiro atoms. The number of hydrogen-bond donors (Lipinski definition) is 0. The highest BCUT2D eigenvalue weighted by Gasteiger charge is 2.17. The molecule has 2 rings (SSSR count). The predicted molar refractivity (Wildman–Crippen MR) is 74.6 cm³/mol. The average molecular weight is 228 g/mol. The van der Waals surface area contributed by atoms with Crippen LogP contribution in [0.25, 0.3) is 0 Å². The van der Waals surface area contributed by atoms with E-state index in [-0.39, 0.29) is 0 Å². The summed E-state index contributed by atoms with van der Waals surface area (Å²) in [6, 6.07) is 0. The summed E-state index contributed by atoms with van der Waals surface area (Å²) in [6.07, 6.45) is 15.9. The molecule has 0 aromatic rings. The Balaban J connectivity index is 1.92. The SMILES string of the molecule is CC1(C)C=CC(CC2C#CCCCCC2)=CC1. The first-order valence-corrected chi connectivity index (χ1v) is 7.02. The Morgan fingerprint density at radius 3 is 2.94 bits per heavy atom. The number of allylic oxidation sites excluding steroid dienone is 4. The van der Waals surface area contributed by atoms with Crippen LogP contribution in [0.5, 0.6) is 0 Å². The number of hydrogen-bond acceptors (Lipinski definition) is 0. The number of rotatable bonds is 2. The smallest absolute Gasteiger partial charge is 0.0243 e. The van der Waals surface area contributed by atoms with Crippen molar-refractivity contribution in [2.24, 2.45) is 11.3 Å². The van der Waals surface area contributed by atoms with Gasteiger partial charge in [-0.2, -0.15) is 0 Å². The van der Waals surface area contributed by atoms with Gasteiger partial charge in [0.15, 0.2) is 0 Å². The molecule has 0 nitrogen and oxygen atoms in total. The van der Waals surface area contributed by atoms with E-state index in [1.165, 1.54) is 44.1 Å². The second kappa shape index (κ2) is 5.58. The Hall–Kier alpha value is -0.960. The van der Waals surface area contributed by atoms with Crippen molar-refractivity contribution in [2.75, 3.05) is 0 Å². The van der Waals surface area contributed by atoms with E-state index >= 15 is 0 Å². The van der Waals surface area contributed by atoms with Gasteiger partial charge in [-0.1, -0.05) is 56.4 Å². The van der Waals surface area contributed by atoms with Crippen molar-refractivity contribution >= 4 is 0 Å². The lowest BCUT2D eigenvalue weighted by molar-refractivity contribution is 0.475. The maximum absolute atomic E-state index is 3.46. The zero-order valence-electron chi connectivity index (χ0n) is 11.3. The molecule has 0 N–H and O–H groups in total. The summed E-state index contributed by atoms with van der Waals surface area (Å²) in [5.74, 6) is 7.41. The summed E-state index contributed by atoms with van der Waals surface area (Å²) in [4.78, 5) is 0. The first kappa shape index (κ1) is 12.5.